The van der Waals surface area contributed by atoms with Crippen LogP contribution in [0, 0.1) is 20.8 Å². The number of aryl methyl sites for hydroxylation is 3. The Morgan fingerprint density at radius 3 is 2.35 bits per heavy atom. The highest BCUT2D eigenvalue weighted by Gasteiger charge is 2.16. The van der Waals surface area contributed by atoms with Crippen LogP contribution in [0.4, 0.5) is 0 Å². The molecule has 0 radical (unpaired) electrons. The van der Waals surface area contributed by atoms with Crippen LogP contribution in [0.2, 0.25) is 0 Å². The fourth-order valence-corrected chi connectivity index (χ4v) is 2.36. The summed E-state index contributed by atoms with van der Waals surface area (Å²) in [6, 6.07) is 7.21. The summed E-state index contributed by atoms with van der Waals surface area (Å²) in [7, 11) is 0. The molecule has 104 valence electrons. The second-order valence-corrected chi connectivity index (χ2v) is 4.86. The van der Waals surface area contributed by atoms with E-state index in [1.165, 1.54) is 0 Å². The number of carbonyl (C=O) groups is 2. The lowest BCUT2D eigenvalue weighted by molar-refractivity contribution is 0.0469. The number of esters is 1. The highest BCUT2D eigenvalue weighted by atomic mass is 16.5. The zero-order chi connectivity index (χ0) is 14.7. The number of hydrogen-bond acceptors (Lipinski definition) is 3. The van der Waals surface area contributed by atoms with E-state index in [1.54, 1.807) is 18.3 Å². The van der Waals surface area contributed by atoms with Crippen LogP contribution in [0.3, 0.4) is 0 Å². The quantitative estimate of drug-likeness (QED) is 0.687. The largest absolute Gasteiger partial charge is 0.453 e. The summed E-state index contributed by atoms with van der Waals surface area (Å²) in [4.78, 5) is 26.6. The van der Waals surface area contributed by atoms with Crippen molar-refractivity contribution < 1.29 is 14.3 Å². The Morgan fingerprint density at radius 1 is 1.15 bits per heavy atom. The lowest BCUT2D eigenvalue weighted by atomic mass is 9.97. The van der Waals surface area contributed by atoms with Crippen molar-refractivity contribution in [2.75, 3.05) is 6.61 Å². The van der Waals surface area contributed by atoms with Gasteiger partial charge in [-0.15, -0.1) is 0 Å². The average Bonchev–Trinajstić information content (AvgIpc) is 2.88. The summed E-state index contributed by atoms with van der Waals surface area (Å²) >= 11 is 0. The third kappa shape index (κ3) is 2.96. The number of ether oxygens (including phenoxy) is 1. The van der Waals surface area contributed by atoms with Gasteiger partial charge >= 0.3 is 5.97 Å². The molecule has 1 aromatic heterocycles. The van der Waals surface area contributed by atoms with E-state index in [4.69, 9.17) is 4.74 Å². The first-order chi connectivity index (χ1) is 9.49. The van der Waals surface area contributed by atoms with Crippen LogP contribution in [0.15, 0.2) is 30.5 Å². The first-order valence-corrected chi connectivity index (χ1v) is 6.40. The molecule has 0 amide bonds. The van der Waals surface area contributed by atoms with Crippen molar-refractivity contribution in [2.24, 2.45) is 0 Å². The molecule has 4 heteroatoms. The molecule has 0 aliphatic rings. The molecule has 2 aromatic rings. The normalized spacial score (nSPS) is 10.3. The monoisotopic (exact) mass is 271 g/mol. The molecule has 2 rings (SSSR count). The topological polar surface area (TPSA) is 59.2 Å². The van der Waals surface area contributed by atoms with E-state index in [9.17, 15) is 9.59 Å². The number of ketones is 1. The molecule has 0 saturated heterocycles. The van der Waals surface area contributed by atoms with Crippen LogP contribution in [-0.4, -0.2) is 23.3 Å². The fraction of sp³-hybridized carbons (Fsp3) is 0.250. The van der Waals surface area contributed by atoms with Gasteiger partial charge in [0.25, 0.3) is 0 Å². The van der Waals surface area contributed by atoms with E-state index in [0.717, 1.165) is 16.7 Å². The van der Waals surface area contributed by atoms with E-state index < -0.39 is 5.97 Å². The molecule has 0 spiro atoms. The minimum atomic E-state index is -0.522. The molecule has 0 atom stereocenters. The molecule has 0 aliphatic heterocycles. The van der Waals surface area contributed by atoms with Gasteiger partial charge in [0.05, 0.1) is 0 Å². The van der Waals surface area contributed by atoms with E-state index in [1.807, 2.05) is 32.9 Å². The number of H-pyrrole nitrogens is 1. The van der Waals surface area contributed by atoms with Gasteiger partial charge in [-0.3, -0.25) is 4.79 Å². The molecular formula is C16H17NO3. The smallest absolute Gasteiger partial charge is 0.355 e. The number of carbonyl (C=O) groups excluding carboxylic acids is 2. The van der Waals surface area contributed by atoms with Gasteiger partial charge in [0.2, 0.25) is 5.78 Å². The standard InChI is InChI=1S/C16H17NO3/c1-10-7-11(2)15(12(3)8-10)14(18)9-20-16(19)13-5-4-6-17-13/h4-8,17H,9H2,1-3H3. The second kappa shape index (κ2) is 5.74. The van der Waals surface area contributed by atoms with Crippen molar-refractivity contribution in [3.05, 3.63) is 58.4 Å². The first kappa shape index (κ1) is 14.1. The Kier molecular flexibility index (Phi) is 4.03. The third-order valence-electron chi connectivity index (χ3n) is 3.11. The highest BCUT2D eigenvalue weighted by Crippen LogP contribution is 2.17. The maximum absolute atomic E-state index is 12.2. The van der Waals surface area contributed by atoms with Gasteiger partial charge in [-0.25, -0.2) is 4.79 Å². The number of rotatable bonds is 4. The van der Waals surface area contributed by atoms with Gasteiger partial charge in [-0.2, -0.15) is 0 Å². The minimum absolute atomic E-state index is 0.181. The Hall–Kier alpha value is -2.36. The number of nitrogens with one attached hydrogen (secondary N) is 1. The molecule has 0 unspecified atom stereocenters. The summed E-state index contributed by atoms with van der Waals surface area (Å²) < 4.78 is 5.02. The molecule has 0 aliphatic carbocycles. The molecular weight excluding hydrogens is 254 g/mol. The van der Waals surface area contributed by atoms with Crippen LogP contribution in [0.1, 0.15) is 37.5 Å². The predicted octanol–water partition coefficient (Wildman–Crippen LogP) is 2.98. The van der Waals surface area contributed by atoms with Crippen LogP contribution in [0.5, 0.6) is 0 Å². The van der Waals surface area contributed by atoms with Crippen LogP contribution in [-0.2, 0) is 4.74 Å². The summed E-state index contributed by atoms with van der Waals surface area (Å²) in [5.41, 5.74) is 3.90. The van der Waals surface area contributed by atoms with E-state index in [2.05, 4.69) is 4.98 Å². The third-order valence-corrected chi connectivity index (χ3v) is 3.11. The molecule has 0 fully saturated rings. The lowest BCUT2D eigenvalue weighted by Gasteiger charge is -2.10. The van der Waals surface area contributed by atoms with Gasteiger partial charge in [-0.1, -0.05) is 17.7 Å². The van der Waals surface area contributed by atoms with Gasteiger partial charge in [0, 0.05) is 11.8 Å². The molecule has 1 N–H and O–H groups in total. The molecule has 4 nitrogen and oxygen atoms in total. The zero-order valence-corrected chi connectivity index (χ0v) is 11.8. The molecule has 0 bridgehead atoms. The maximum Gasteiger partial charge on any atom is 0.355 e. The van der Waals surface area contributed by atoms with Crippen LogP contribution < -0.4 is 0 Å². The Labute approximate surface area is 117 Å². The van der Waals surface area contributed by atoms with Crippen molar-refractivity contribution in [2.45, 2.75) is 20.8 Å². The number of aromatic amines is 1. The van der Waals surface area contributed by atoms with Gasteiger partial charge in [0.1, 0.15) is 5.69 Å². The van der Waals surface area contributed by atoms with Gasteiger partial charge in [0.15, 0.2) is 6.61 Å². The minimum Gasteiger partial charge on any atom is -0.453 e. The summed E-state index contributed by atoms with van der Waals surface area (Å²) in [6.07, 6.45) is 1.63. The van der Waals surface area contributed by atoms with Gasteiger partial charge in [-0.05, 0) is 44.0 Å². The molecule has 20 heavy (non-hydrogen) atoms. The number of hydrogen-bond donors (Lipinski definition) is 1. The first-order valence-electron chi connectivity index (χ1n) is 6.40. The molecule has 1 aromatic carbocycles. The molecule has 0 saturated carbocycles. The van der Waals surface area contributed by atoms with Crippen LogP contribution >= 0.6 is 0 Å². The Morgan fingerprint density at radius 2 is 1.80 bits per heavy atom. The number of aromatic nitrogens is 1. The molecule has 1 heterocycles. The predicted molar refractivity (Wildman–Crippen MR) is 76.1 cm³/mol. The zero-order valence-electron chi connectivity index (χ0n) is 11.8. The fourth-order valence-electron chi connectivity index (χ4n) is 2.36. The average molecular weight is 271 g/mol. The van der Waals surface area contributed by atoms with Gasteiger partial charge < -0.3 is 9.72 Å². The van der Waals surface area contributed by atoms with Crippen molar-refractivity contribution >= 4 is 11.8 Å². The highest BCUT2D eigenvalue weighted by molar-refractivity contribution is 6.01. The Bertz CT molecular complexity index is 619. The SMILES string of the molecule is Cc1cc(C)c(C(=O)COC(=O)c2ccc[nH]2)c(C)c1. The number of Topliss-reactive ketones (excluding diaryl/α,β-unsaturated/α-hetero) is 1. The second-order valence-electron chi connectivity index (χ2n) is 4.86. The van der Waals surface area contributed by atoms with E-state index >= 15 is 0 Å². The summed E-state index contributed by atoms with van der Waals surface area (Å²) in [6.45, 7) is 5.52. The number of benzene rings is 1. The summed E-state index contributed by atoms with van der Waals surface area (Å²) in [5, 5.41) is 0. The van der Waals surface area contributed by atoms with Crippen molar-refractivity contribution in [1.82, 2.24) is 4.98 Å². The van der Waals surface area contributed by atoms with Crippen LogP contribution in [0.25, 0.3) is 0 Å². The van der Waals surface area contributed by atoms with E-state index in [-0.39, 0.29) is 12.4 Å². The maximum atomic E-state index is 12.2. The van der Waals surface area contributed by atoms with Crippen molar-refractivity contribution in [3.63, 3.8) is 0 Å². The van der Waals surface area contributed by atoms with Crippen molar-refractivity contribution in [1.29, 1.82) is 0 Å². The summed E-state index contributed by atoms with van der Waals surface area (Å²) in [5.74, 6) is -0.703. The Balaban J connectivity index is 2.08. The lowest BCUT2D eigenvalue weighted by Crippen LogP contribution is -2.16. The van der Waals surface area contributed by atoms with E-state index in [0.29, 0.717) is 11.3 Å². The van der Waals surface area contributed by atoms with Crippen molar-refractivity contribution in [3.8, 4) is 0 Å².